The lowest BCUT2D eigenvalue weighted by Gasteiger charge is -2.36. The van der Waals surface area contributed by atoms with Gasteiger partial charge in [0, 0.05) is 36.7 Å². The van der Waals surface area contributed by atoms with E-state index in [1.807, 2.05) is 27.7 Å². The van der Waals surface area contributed by atoms with Gasteiger partial charge in [0.05, 0.1) is 17.9 Å². The zero-order valence-electron chi connectivity index (χ0n) is 15.9. The van der Waals surface area contributed by atoms with Crippen molar-refractivity contribution in [2.24, 2.45) is 0 Å². The minimum atomic E-state index is -0.525. The Bertz CT molecular complexity index is 633. The fourth-order valence-corrected chi connectivity index (χ4v) is 3.74. The van der Waals surface area contributed by atoms with Crippen LogP contribution in [0.25, 0.3) is 0 Å². The van der Waals surface area contributed by atoms with Crippen LogP contribution in [0.15, 0.2) is 12.5 Å². The van der Waals surface area contributed by atoms with Gasteiger partial charge in [0.2, 0.25) is 0 Å². The van der Waals surface area contributed by atoms with Crippen molar-refractivity contribution in [3.63, 3.8) is 0 Å². The molecule has 1 aliphatic rings. The molecular formula is C18H27N3O4S. The third kappa shape index (κ3) is 5.86. The Morgan fingerprint density at radius 1 is 1.38 bits per heavy atom. The number of ether oxygens (including phenoxy) is 2. The van der Waals surface area contributed by atoms with Crippen LogP contribution in [-0.4, -0.2) is 63.2 Å². The van der Waals surface area contributed by atoms with E-state index in [-0.39, 0.29) is 18.7 Å². The maximum Gasteiger partial charge on any atom is 0.410 e. The highest BCUT2D eigenvalue weighted by molar-refractivity contribution is 7.99. The van der Waals surface area contributed by atoms with E-state index in [2.05, 4.69) is 9.97 Å². The first-order valence-corrected chi connectivity index (χ1v) is 10.0. The normalized spacial score (nSPS) is 17.7. The predicted molar refractivity (Wildman–Crippen MR) is 100 cm³/mol. The highest BCUT2D eigenvalue weighted by Crippen LogP contribution is 2.22. The van der Waals surface area contributed by atoms with Crippen LogP contribution >= 0.6 is 11.8 Å². The molecule has 1 fully saturated rings. The Kier molecular flexibility index (Phi) is 7.25. The molecule has 1 saturated heterocycles. The van der Waals surface area contributed by atoms with E-state index in [1.165, 1.54) is 12.5 Å². The van der Waals surface area contributed by atoms with Gasteiger partial charge in [-0.3, -0.25) is 0 Å². The van der Waals surface area contributed by atoms with Crippen LogP contribution in [0.2, 0.25) is 0 Å². The minimum absolute atomic E-state index is 0.00549. The third-order valence-corrected chi connectivity index (χ3v) is 4.98. The molecule has 0 saturated carbocycles. The molecule has 1 unspecified atom stereocenters. The Balaban J connectivity index is 1.90. The van der Waals surface area contributed by atoms with Crippen LogP contribution in [-0.2, 0) is 15.9 Å². The zero-order chi connectivity index (χ0) is 19.2. The molecule has 7 nitrogen and oxygen atoms in total. The molecule has 8 heteroatoms. The molecule has 1 aliphatic heterocycles. The number of hydrogen-bond acceptors (Lipinski definition) is 7. The lowest BCUT2D eigenvalue weighted by Crippen LogP contribution is -2.48. The first-order valence-electron chi connectivity index (χ1n) is 8.85. The summed E-state index contributed by atoms with van der Waals surface area (Å²) in [5.74, 6) is 1.28. The van der Waals surface area contributed by atoms with Gasteiger partial charge in [-0.1, -0.05) is 6.92 Å². The van der Waals surface area contributed by atoms with Gasteiger partial charge in [-0.2, -0.15) is 11.8 Å². The van der Waals surface area contributed by atoms with Crippen LogP contribution in [0, 0.1) is 0 Å². The van der Waals surface area contributed by atoms with Crippen molar-refractivity contribution in [1.82, 2.24) is 14.9 Å². The Morgan fingerprint density at radius 2 is 2.15 bits per heavy atom. The lowest BCUT2D eigenvalue weighted by atomic mass is 10.2. The van der Waals surface area contributed by atoms with E-state index in [4.69, 9.17) is 9.47 Å². The smallest absolute Gasteiger partial charge is 0.410 e. The summed E-state index contributed by atoms with van der Waals surface area (Å²) < 4.78 is 10.9. The summed E-state index contributed by atoms with van der Waals surface area (Å²) in [5, 5.41) is 0. The summed E-state index contributed by atoms with van der Waals surface area (Å²) in [6.07, 6.45) is 3.82. The molecule has 1 amide bonds. The van der Waals surface area contributed by atoms with Crippen molar-refractivity contribution in [3.8, 4) is 0 Å². The maximum atomic E-state index is 12.4. The average Bonchev–Trinajstić information content (AvgIpc) is 2.60. The standard InChI is InChI=1S/C18H27N3O4S/c1-5-15-14(10-19-12-20-15)16(22)24-8-6-13-11-26-9-7-21(13)17(23)25-18(2,3)4/h10,12-13H,5-9,11H2,1-4H3. The lowest BCUT2D eigenvalue weighted by molar-refractivity contribution is 0.0151. The van der Waals surface area contributed by atoms with Crippen LogP contribution in [0.4, 0.5) is 4.79 Å². The summed E-state index contributed by atoms with van der Waals surface area (Å²) >= 11 is 1.79. The van der Waals surface area contributed by atoms with Crippen molar-refractivity contribution in [2.75, 3.05) is 24.7 Å². The molecule has 26 heavy (non-hydrogen) atoms. The molecule has 0 aromatic carbocycles. The minimum Gasteiger partial charge on any atom is -0.462 e. The van der Waals surface area contributed by atoms with E-state index in [9.17, 15) is 9.59 Å². The summed E-state index contributed by atoms with van der Waals surface area (Å²) in [5.41, 5.74) is 0.549. The van der Waals surface area contributed by atoms with Crippen LogP contribution in [0.1, 0.15) is 50.2 Å². The summed E-state index contributed by atoms with van der Waals surface area (Å²) in [7, 11) is 0. The second kappa shape index (κ2) is 9.21. The molecule has 2 heterocycles. The molecule has 1 aromatic heterocycles. The van der Waals surface area contributed by atoms with E-state index in [0.29, 0.717) is 30.6 Å². The Morgan fingerprint density at radius 3 is 2.85 bits per heavy atom. The fourth-order valence-electron chi connectivity index (χ4n) is 2.63. The zero-order valence-corrected chi connectivity index (χ0v) is 16.7. The third-order valence-electron chi connectivity index (χ3n) is 3.89. The summed E-state index contributed by atoms with van der Waals surface area (Å²) in [4.78, 5) is 34.4. The van der Waals surface area contributed by atoms with Gasteiger partial charge >= 0.3 is 12.1 Å². The van der Waals surface area contributed by atoms with Crippen molar-refractivity contribution >= 4 is 23.8 Å². The number of carbonyl (C=O) groups is 2. The largest absolute Gasteiger partial charge is 0.462 e. The van der Waals surface area contributed by atoms with Gasteiger partial charge < -0.3 is 14.4 Å². The Hall–Kier alpha value is -1.83. The van der Waals surface area contributed by atoms with E-state index in [1.54, 1.807) is 16.7 Å². The van der Waals surface area contributed by atoms with Gasteiger partial charge in [0.25, 0.3) is 0 Å². The quantitative estimate of drug-likeness (QED) is 0.725. The number of rotatable bonds is 5. The molecule has 0 bridgehead atoms. The monoisotopic (exact) mass is 381 g/mol. The highest BCUT2D eigenvalue weighted by Gasteiger charge is 2.30. The number of thioether (sulfide) groups is 1. The van der Waals surface area contributed by atoms with Crippen molar-refractivity contribution in [1.29, 1.82) is 0 Å². The van der Waals surface area contributed by atoms with E-state index >= 15 is 0 Å². The van der Waals surface area contributed by atoms with Crippen molar-refractivity contribution in [2.45, 2.75) is 52.2 Å². The van der Waals surface area contributed by atoms with Crippen molar-refractivity contribution < 1.29 is 19.1 Å². The maximum absolute atomic E-state index is 12.4. The number of carbonyl (C=O) groups excluding carboxylic acids is 2. The summed E-state index contributed by atoms with van der Waals surface area (Å²) in [6, 6.07) is -0.00549. The van der Waals surface area contributed by atoms with E-state index < -0.39 is 11.6 Å². The average molecular weight is 381 g/mol. The number of aromatic nitrogens is 2. The molecule has 144 valence electrons. The van der Waals surface area contributed by atoms with Crippen molar-refractivity contribution in [3.05, 3.63) is 23.8 Å². The van der Waals surface area contributed by atoms with Gasteiger partial charge in [-0.05, 0) is 27.2 Å². The van der Waals surface area contributed by atoms with Gasteiger partial charge in [0.1, 0.15) is 11.9 Å². The van der Waals surface area contributed by atoms with Gasteiger partial charge in [-0.15, -0.1) is 0 Å². The molecule has 0 radical (unpaired) electrons. The molecule has 0 aliphatic carbocycles. The topological polar surface area (TPSA) is 81.6 Å². The number of hydrogen-bond donors (Lipinski definition) is 0. The number of aryl methyl sites for hydroxylation is 1. The molecule has 1 aromatic rings. The SMILES string of the molecule is CCc1ncncc1C(=O)OCCC1CSCCN1C(=O)OC(C)(C)C. The predicted octanol–water partition coefficient (Wildman–Crippen LogP) is 2.94. The number of nitrogens with zero attached hydrogens (tertiary/aromatic N) is 3. The van der Waals surface area contributed by atoms with Gasteiger partial charge in [0.15, 0.2) is 0 Å². The Labute approximate surface area is 158 Å². The summed E-state index contributed by atoms with van der Waals surface area (Å²) in [6.45, 7) is 8.37. The molecule has 2 rings (SSSR count). The van der Waals surface area contributed by atoms with Crippen LogP contribution in [0.5, 0.6) is 0 Å². The molecule has 0 spiro atoms. The first kappa shape index (κ1) is 20.5. The van der Waals surface area contributed by atoms with Crippen LogP contribution in [0.3, 0.4) is 0 Å². The van der Waals surface area contributed by atoms with Crippen LogP contribution < -0.4 is 0 Å². The van der Waals surface area contributed by atoms with E-state index in [0.717, 1.165) is 11.5 Å². The fraction of sp³-hybridized carbons (Fsp3) is 0.667. The molecule has 0 N–H and O–H groups in total. The second-order valence-electron chi connectivity index (χ2n) is 7.06. The molecular weight excluding hydrogens is 354 g/mol. The second-order valence-corrected chi connectivity index (χ2v) is 8.21. The van der Waals surface area contributed by atoms with Gasteiger partial charge in [-0.25, -0.2) is 19.6 Å². The molecule has 1 atom stereocenters. The number of esters is 1. The highest BCUT2D eigenvalue weighted by atomic mass is 32.2. The first-order chi connectivity index (χ1) is 12.3. The number of amides is 1.